The van der Waals surface area contributed by atoms with E-state index in [1.165, 1.54) is 12.1 Å². The van der Waals surface area contributed by atoms with Crippen LogP contribution in [0, 0.1) is 0 Å². The van der Waals surface area contributed by atoms with Crippen LogP contribution in [-0.2, 0) is 14.6 Å². The lowest BCUT2D eigenvalue weighted by Gasteiger charge is -2.15. The van der Waals surface area contributed by atoms with Crippen molar-refractivity contribution in [1.82, 2.24) is 5.32 Å². The second kappa shape index (κ2) is 7.40. The Morgan fingerprint density at radius 1 is 1.25 bits per heavy atom. The lowest BCUT2D eigenvalue weighted by Crippen LogP contribution is -2.35. The zero-order valence-electron chi connectivity index (χ0n) is 11.7. The summed E-state index contributed by atoms with van der Waals surface area (Å²) in [5, 5.41) is 11.9. The molecule has 0 aliphatic carbocycles. The monoisotopic (exact) mass is 299 g/mol. The molecule has 0 bridgehead atoms. The highest BCUT2D eigenvalue weighted by atomic mass is 32.2. The van der Waals surface area contributed by atoms with Crippen LogP contribution < -0.4 is 5.32 Å². The molecule has 112 valence electrons. The fourth-order valence-electron chi connectivity index (χ4n) is 1.89. The molecule has 0 aliphatic heterocycles. The van der Waals surface area contributed by atoms with Crippen LogP contribution >= 0.6 is 0 Å². The van der Waals surface area contributed by atoms with Crippen LogP contribution in [-0.4, -0.2) is 37.3 Å². The van der Waals surface area contributed by atoms with Crippen molar-refractivity contribution in [2.75, 3.05) is 5.75 Å². The standard InChI is InChI=1S/C14H21NO4S/c1-11(10-12(2)16)15-14(17)8-9-20(18,19)13-6-4-3-5-7-13/h3-7,11-12,16H,8-10H2,1-2H3,(H,15,17). The Kier molecular flexibility index (Phi) is 6.16. The van der Waals surface area contributed by atoms with Crippen LogP contribution in [0.2, 0.25) is 0 Å². The zero-order chi connectivity index (χ0) is 15.2. The summed E-state index contributed by atoms with van der Waals surface area (Å²) in [6, 6.07) is 7.90. The number of carbonyl (C=O) groups excluding carboxylic acids is 1. The lowest BCUT2D eigenvalue weighted by atomic mass is 10.1. The van der Waals surface area contributed by atoms with Gasteiger partial charge < -0.3 is 10.4 Å². The average Bonchev–Trinajstić information content (AvgIpc) is 2.36. The first kappa shape index (κ1) is 16.7. The molecule has 1 aromatic rings. The number of amides is 1. The SMILES string of the molecule is CC(O)CC(C)NC(=O)CCS(=O)(=O)c1ccccc1. The van der Waals surface area contributed by atoms with Gasteiger partial charge in [0.25, 0.3) is 0 Å². The van der Waals surface area contributed by atoms with Gasteiger partial charge in [0.2, 0.25) is 5.91 Å². The molecule has 0 aliphatic rings. The van der Waals surface area contributed by atoms with Crippen LogP contribution in [0.4, 0.5) is 0 Å². The summed E-state index contributed by atoms with van der Waals surface area (Å²) in [4.78, 5) is 11.9. The fraction of sp³-hybridized carbons (Fsp3) is 0.500. The summed E-state index contributed by atoms with van der Waals surface area (Å²) >= 11 is 0. The molecule has 2 N–H and O–H groups in total. The van der Waals surface area contributed by atoms with E-state index in [2.05, 4.69) is 5.32 Å². The van der Waals surface area contributed by atoms with Gasteiger partial charge >= 0.3 is 0 Å². The minimum absolute atomic E-state index is 0.0820. The number of carbonyl (C=O) groups is 1. The van der Waals surface area contributed by atoms with Crippen LogP contribution in [0.1, 0.15) is 26.7 Å². The molecule has 0 radical (unpaired) electrons. The molecule has 0 spiro atoms. The molecule has 1 amide bonds. The Balaban J connectivity index is 2.49. The van der Waals surface area contributed by atoms with E-state index < -0.39 is 15.9 Å². The zero-order valence-corrected chi connectivity index (χ0v) is 12.6. The van der Waals surface area contributed by atoms with Crippen LogP contribution in [0.3, 0.4) is 0 Å². The third kappa shape index (κ3) is 5.71. The van der Waals surface area contributed by atoms with E-state index in [-0.39, 0.29) is 29.0 Å². The van der Waals surface area contributed by atoms with E-state index in [0.717, 1.165) is 0 Å². The molecule has 0 heterocycles. The molecular weight excluding hydrogens is 278 g/mol. The maximum Gasteiger partial charge on any atom is 0.221 e. The Morgan fingerprint density at radius 2 is 1.85 bits per heavy atom. The molecule has 0 aromatic heterocycles. The van der Waals surface area contributed by atoms with Gasteiger partial charge in [0.1, 0.15) is 0 Å². The lowest BCUT2D eigenvalue weighted by molar-refractivity contribution is -0.121. The van der Waals surface area contributed by atoms with E-state index in [9.17, 15) is 18.3 Å². The highest BCUT2D eigenvalue weighted by Crippen LogP contribution is 2.11. The Bertz CT molecular complexity index is 525. The van der Waals surface area contributed by atoms with Gasteiger partial charge in [0.05, 0.1) is 16.8 Å². The second-order valence-corrected chi connectivity index (χ2v) is 7.04. The number of benzene rings is 1. The van der Waals surface area contributed by atoms with Crippen molar-refractivity contribution in [2.24, 2.45) is 0 Å². The van der Waals surface area contributed by atoms with Gasteiger partial charge in [0.15, 0.2) is 9.84 Å². The molecular formula is C14H21NO4S. The van der Waals surface area contributed by atoms with Crippen LogP contribution in [0.25, 0.3) is 0 Å². The quantitative estimate of drug-likeness (QED) is 0.790. The maximum absolute atomic E-state index is 12.0. The summed E-state index contributed by atoms with van der Waals surface area (Å²) in [5.41, 5.74) is 0. The molecule has 0 saturated heterocycles. The number of rotatable bonds is 7. The Morgan fingerprint density at radius 3 is 2.40 bits per heavy atom. The van der Waals surface area contributed by atoms with Gasteiger partial charge in [-0.15, -0.1) is 0 Å². The minimum atomic E-state index is -3.42. The van der Waals surface area contributed by atoms with Gasteiger partial charge in [-0.05, 0) is 32.4 Å². The van der Waals surface area contributed by atoms with Gasteiger partial charge in [0, 0.05) is 12.5 Å². The third-order valence-corrected chi connectivity index (χ3v) is 4.53. The van der Waals surface area contributed by atoms with E-state index in [1.807, 2.05) is 0 Å². The predicted octanol–water partition coefficient (Wildman–Crippen LogP) is 1.13. The van der Waals surface area contributed by atoms with Crippen molar-refractivity contribution in [2.45, 2.75) is 43.7 Å². The van der Waals surface area contributed by atoms with Crippen molar-refractivity contribution >= 4 is 15.7 Å². The summed E-state index contributed by atoms with van der Waals surface area (Å²) in [6.45, 7) is 3.42. The summed E-state index contributed by atoms with van der Waals surface area (Å²) in [6.07, 6.45) is -0.142. The summed E-state index contributed by atoms with van der Waals surface area (Å²) in [7, 11) is -3.42. The van der Waals surface area contributed by atoms with Crippen LogP contribution in [0.15, 0.2) is 35.2 Å². The summed E-state index contributed by atoms with van der Waals surface area (Å²) in [5.74, 6) is -0.540. The molecule has 0 fully saturated rings. The molecule has 20 heavy (non-hydrogen) atoms. The van der Waals surface area contributed by atoms with Crippen molar-refractivity contribution in [1.29, 1.82) is 0 Å². The van der Waals surface area contributed by atoms with Crippen molar-refractivity contribution in [3.8, 4) is 0 Å². The van der Waals surface area contributed by atoms with Gasteiger partial charge in [-0.2, -0.15) is 0 Å². The second-order valence-electron chi connectivity index (χ2n) is 4.94. The fourth-order valence-corrected chi connectivity index (χ4v) is 3.15. The number of nitrogens with one attached hydrogen (secondary N) is 1. The van der Waals surface area contributed by atoms with E-state index in [0.29, 0.717) is 6.42 Å². The number of sulfone groups is 1. The van der Waals surface area contributed by atoms with Crippen molar-refractivity contribution < 1.29 is 18.3 Å². The first-order valence-electron chi connectivity index (χ1n) is 6.56. The predicted molar refractivity (Wildman–Crippen MR) is 77.0 cm³/mol. The minimum Gasteiger partial charge on any atom is -0.393 e. The van der Waals surface area contributed by atoms with Crippen molar-refractivity contribution in [3.05, 3.63) is 30.3 Å². The number of aliphatic hydroxyl groups is 1. The third-order valence-electron chi connectivity index (χ3n) is 2.80. The first-order valence-corrected chi connectivity index (χ1v) is 8.21. The van der Waals surface area contributed by atoms with E-state index in [1.54, 1.807) is 32.0 Å². The number of hydrogen-bond donors (Lipinski definition) is 2. The molecule has 6 heteroatoms. The smallest absolute Gasteiger partial charge is 0.221 e. The molecule has 2 unspecified atom stereocenters. The Hall–Kier alpha value is -1.40. The summed E-state index contributed by atoms with van der Waals surface area (Å²) < 4.78 is 24.0. The molecule has 5 nitrogen and oxygen atoms in total. The highest BCUT2D eigenvalue weighted by molar-refractivity contribution is 7.91. The maximum atomic E-state index is 12.0. The molecule has 2 atom stereocenters. The number of aliphatic hydroxyl groups excluding tert-OH is 1. The van der Waals surface area contributed by atoms with E-state index in [4.69, 9.17) is 0 Å². The highest BCUT2D eigenvalue weighted by Gasteiger charge is 2.17. The molecule has 1 aromatic carbocycles. The topological polar surface area (TPSA) is 83.5 Å². The largest absolute Gasteiger partial charge is 0.393 e. The normalized spacial score (nSPS) is 14.6. The first-order chi connectivity index (χ1) is 9.31. The van der Waals surface area contributed by atoms with Gasteiger partial charge in [-0.3, -0.25) is 4.79 Å². The molecule has 0 saturated carbocycles. The van der Waals surface area contributed by atoms with Crippen molar-refractivity contribution in [3.63, 3.8) is 0 Å². The van der Waals surface area contributed by atoms with E-state index >= 15 is 0 Å². The Labute approximate surface area is 119 Å². The average molecular weight is 299 g/mol. The van der Waals surface area contributed by atoms with Gasteiger partial charge in [-0.25, -0.2) is 8.42 Å². The van der Waals surface area contributed by atoms with Gasteiger partial charge in [-0.1, -0.05) is 18.2 Å². The number of hydrogen-bond acceptors (Lipinski definition) is 4. The van der Waals surface area contributed by atoms with Crippen LogP contribution in [0.5, 0.6) is 0 Å². The molecule has 1 rings (SSSR count).